The second-order valence-electron chi connectivity index (χ2n) is 6.80. The number of rotatable bonds is 6. The number of urea groups is 1. The van der Waals surface area contributed by atoms with Crippen molar-refractivity contribution < 1.29 is 4.79 Å². The predicted molar refractivity (Wildman–Crippen MR) is 102 cm³/mol. The molecule has 0 aliphatic carbocycles. The normalized spacial score (nSPS) is 12.0. The molecule has 2 aromatic heterocycles. The van der Waals surface area contributed by atoms with E-state index in [9.17, 15) is 4.79 Å². The summed E-state index contributed by atoms with van der Waals surface area (Å²) in [5.74, 6) is 0.252. The van der Waals surface area contributed by atoms with Crippen molar-refractivity contribution in [1.29, 1.82) is 0 Å². The molecule has 0 saturated heterocycles. The molecule has 2 N–H and O–H groups in total. The molecule has 142 valence electrons. The van der Waals surface area contributed by atoms with Crippen LogP contribution in [-0.2, 0) is 6.54 Å². The summed E-state index contributed by atoms with van der Waals surface area (Å²) < 4.78 is 3.51. The van der Waals surface area contributed by atoms with Crippen LogP contribution in [0.5, 0.6) is 0 Å². The number of hydrogen-bond donors (Lipinski definition) is 2. The van der Waals surface area contributed by atoms with Crippen molar-refractivity contribution in [2.45, 2.75) is 34.2 Å². The Morgan fingerprint density at radius 1 is 1.22 bits per heavy atom. The van der Waals surface area contributed by atoms with Crippen LogP contribution in [0.3, 0.4) is 0 Å². The largest absolute Gasteiger partial charge is 0.338 e. The second-order valence-corrected chi connectivity index (χ2v) is 6.80. The summed E-state index contributed by atoms with van der Waals surface area (Å²) in [5, 5.41) is 21.4. The Kier molecular flexibility index (Phi) is 5.49. The number of nitrogens with zero attached hydrogens (tertiary/aromatic N) is 6. The van der Waals surface area contributed by atoms with Gasteiger partial charge in [-0.25, -0.2) is 9.48 Å². The summed E-state index contributed by atoms with van der Waals surface area (Å²) in [5.41, 5.74) is 4.57. The molecule has 0 fully saturated rings. The number of hydrogen-bond acceptors (Lipinski definition) is 5. The van der Waals surface area contributed by atoms with E-state index in [0.717, 1.165) is 29.2 Å². The zero-order valence-electron chi connectivity index (χ0n) is 16.0. The average Bonchev–Trinajstić information content (AvgIpc) is 3.25. The van der Waals surface area contributed by atoms with Gasteiger partial charge in [-0.1, -0.05) is 13.0 Å². The van der Waals surface area contributed by atoms with Crippen LogP contribution < -0.4 is 10.6 Å². The zero-order chi connectivity index (χ0) is 19.4. The molecular weight excluding hydrogens is 344 g/mol. The Morgan fingerprint density at radius 3 is 2.70 bits per heavy atom. The Hall–Kier alpha value is -3.23. The molecule has 0 aliphatic heterocycles. The molecule has 0 unspecified atom stereocenters. The lowest BCUT2D eigenvalue weighted by molar-refractivity contribution is 0.249. The Morgan fingerprint density at radius 2 is 2.04 bits per heavy atom. The summed E-state index contributed by atoms with van der Waals surface area (Å²) in [6.45, 7) is 9.34. The lowest BCUT2D eigenvalue weighted by atomic mass is 10.1. The van der Waals surface area contributed by atoms with Crippen LogP contribution in [0.1, 0.15) is 23.9 Å². The number of amides is 2. The number of nitrogens with one attached hydrogen (secondary N) is 2. The van der Waals surface area contributed by atoms with E-state index >= 15 is 0 Å². The van der Waals surface area contributed by atoms with Crippen molar-refractivity contribution in [1.82, 2.24) is 35.3 Å². The third kappa shape index (κ3) is 4.69. The molecule has 3 rings (SSSR count). The van der Waals surface area contributed by atoms with Crippen molar-refractivity contribution in [3.8, 4) is 5.69 Å². The first-order valence-corrected chi connectivity index (χ1v) is 8.82. The monoisotopic (exact) mass is 368 g/mol. The van der Waals surface area contributed by atoms with E-state index in [4.69, 9.17) is 0 Å². The molecule has 2 heterocycles. The molecule has 1 aromatic carbocycles. The molecule has 0 aliphatic rings. The number of carbonyl (C=O) groups excluding carboxylic acids is 1. The van der Waals surface area contributed by atoms with Crippen LogP contribution in [-0.4, -0.2) is 42.6 Å². The second kappa shape index (κ2) is 7.98. The molecular formula is C18H24N8O. The van der Waals surface area contributed by atoms with Gasteiger partial charge in [0.05, 0.1) is 11.4 Å². The van der Waals surface area contributed by atoms with Crippen molar-refractivity contribution in [3.63, 3.8) is 0 Å². The highest BCUT2D eigenvalue weighted by atomic mass is 16.2. The summed E-state index contributed by atoms with van der Waals surface area (Å²) >= 11 is 0. The first-order valence-electron chi connectivity index (χ1n) is 8.82. The number of tetrazole rings is 1. The van der Waals surface area contributed by atoms with Gasteiger partial charge in [0.1, 0.15) is 6.33 Å². The molecule has 27 heavy (non-hydrogen) atoms. The van der Waals surface area contributed by atoms with Gasteiger partial charge in [0.25, 0.3) is 0 Å². The van der Waals surface area contributed by atoms with Crippen LogP contribution >= 0.6 is 0 Å². The van der Waals surface area contributed by atoms with E-state index in [2.05, 4.69) is 38.2 Å². The number of aromatic nitrogens is 6. The molecule has 0 saturated carbocycles. The Bertz CT molecular complexity index is 916. The van der Waals surface area contributed by atoms with Gasteiger partial charge in [0.15, 0.2) is 0 Å². The van der Waals surface area contributed by atoms with Gasteiger partial charge in [0, 0.05) is 24.5 Å². The summed E-state index contributed by atoms with van der Waals surface area (Å²) in [7, 11) is 0. The Balaban J connectivity index is 1.56. The summed E-state index contributed by atoms with van der Waals surface area (Å²) in [4.78, 5) is 12.3. The van der Waals surface area contributed by atoms with Crippen LogP contribution in [0.15, 0.2) is 30.6 Å². The molecule has 9 nitrogen and oxygen atoms in total. The maximum atomic E-state index is 12.3. The third-order valence-electron chi connectivity index (χ3n) is 4.28. The summed E-state index contributed by atoms with van der Waals surface area (Å²) in [6.07, 6.45) is 1.51. The summed E-state index contributed by atoms with van der Waals surface area (Å²) in [6, 6.07) is 7.45. The van der Waals surface area contributed by atoms with Crippen molar-refractivity contribution in [3.05, 3.63) is 47.5 Å². The first-order chi connectivity index (χ1) is 12.9. The van der Waals surface area contributed by atoms with Gasteiger partial charge in [-0.15, -0.1) is 5.10 Å². The van der Waals surface area contributed by atoms with Crippen LogP contribution in [0, 0.1) is 26.7 Å². The average molecular weight is 368 g/mol. The van der Waals surface area contributed by atoms with E-state index in [0.29, 0.717) is 12.2 Å². The topological polar surface area (TPSA) is 103 Å². The third-order valence-corrected chi connectivity index (χ3v) is 4.28. The van der Waals surface area contributed by atoms with Gasteiger partial charge in [0.2, 0.25) is 0 Å². The number of aryl methyl sites for hydroxylation is 3. The highest BCUT2D eigenvalue weighted by Gasteiger charge is 2.11. The van der Waals surface area contributed by atoms with Gasteiger partial charge in [-0.05, 0) is 60.9 Å². The molecule has 3 aromatic rings. The quantitative estimate of drug-likeness (QED) is 0.695. The highest BCUT2D eigenvalue weighted by molar-refractivity contribution is 5.90. The van der Waals surface area contributed by atoms with E-state index in [1.54, 1.807) is 4.68 Å². The number of carbonyl (C=O) groups is 1. The number of benzene rings is 1. The van der Waals surface area contributed by atoms with Gasteiger partial charge >= 0.3 is 6.03 Å². The smallest absolute Gasteiger partial charge is 0.319 e. The van der Waals surface area contributed by atoms with Crippen LogP contribution in [0.25, 0.3) is 5.69 Å². The van der Waals surface area contributed by atoms with Gasteiger partial charge in [-0.2, -0.15) is 5.10 Å². The van der Waals surface area contributed by atoms with Crippen LogP contribution in [0.2, 0.25) is 0 Å². The van der Waals surface area contributed by atoms with E-state index in [1.807, 2.05) is 49.7 Å². The Labute approximate surface area is 157 Å². The van der Waals surface area contributed by atoms with Gasteiger partial charge in [-0.3, -0.25) is 4.68 Å². The fourth-order valence-electron chi connectivity index (χ4n) is 2.82. The minimum absolute atomic E-state index is 0.243. The number of anilines is 1. The minimum Gasteiger partial charge on any atom is -0.338 e. The fraction of sp³-hybridized carbons (Fsp3) is 0.389. The lowest BCUT2D eigenvalue weighted by Gasteiger charge is -2.15. The molecule has 0 radical (unpaired) electrons. The van der Waals surface area contributed by atoms with Crippen LogP contribution in [0.4, 0.5) is 10.5 Å². The van der Waals surface area contributed by atoms with Crippen molar-refractivity contribution in [2.75, 3.05) is 11.9 Å². The zero-order valence-corrected chi connectivity index (χ0v) is 16.0. The van der Waals surface area contributed by atoms with E-state index in [-0.39, 0.29) is 11.9 Å². The minimum atomic E-state index is -0.243. The standard InChI is InChI=1S/C18H24N8O/c1-12(10-25-15(4)7-14(3)22-25)9-19-18(27)21-17-8-16(6-5-13(17)2)26-11-20-23-24-26/h5-8,11-12H,9-10H2,1-4H3,(H2,19,21,27)/t12-/m1/s1. The molecule has 0 bridgehead atoms. The fourth-order valence-corrected chi connectivity index (χ4v) is 2.82. The predicted octanol–water partition coefficient (Wildman–Crippen LogP) is 2.24. The molecule has 9 heteroatoms. The SMILES string of the molecule is Cc1cc(C)n(C[C@H](C)CNC(=O)Nc2cc(-n3cnnn3)ccc2C)n1. The molecule has 2 amide bonds. The van der Waals surface area contributed by atoms with E-state index in [1.165, 1.54) is 6.33 Å². The highest BCUT2D eigenvalue weighted by Crippen LogP contribution is 2.18. The maximum absolute atomic E-state index is 12.3. The van der Waals surface area contributed by atoms with Gasteiger partial charge < -0.3 is 10.6 Å². The van der Waals surface area contributed by atoms with E-state index < -0.39 is 0 Å². The van der Waals surface area contributed by atoms with Crippen molar-refractivity contribution in [2.24, 2.45) is 5.92 Å². The lowest BCUT2D eigenvalue weighted by Crippen LogP contribution is -2.34. The van der Waals surface area contributed by atoms with Crippen molar-refractivity contribution >= 4 is 11.7 Å². The first kappa shape index (κ1) is 18.6. The maximum Gasteiger partial charge on any atom is 0.319 e. The molecule has 0 spiro atoms. The molecule has 1 atom stereocenters.